The fraction of sp³-hybridized carbons (Fsp3) is 0.400. The van der Waals surface area contributed by atoms with Crippen LogP contribution in [0.5, 0.6) is 0 Å². The molecular weight excluding hydrogens is 132 g/mol. The second kappa shape index (κ2) is 1.56. The van der Waals surface area contributed by atoms with Gasteiger partial charge in [-0.25, -0.2) is 4.68 Å². The zero-order valence-electron chi connectivity index (χ0n) is 5.46. The van der Waals surface area contributed by atoms with Crippen LogP contribution in [0.4, 0.5) is 5.95 Å². The fourth-order valence-corrected chi connectivity index (χ4v) is 0.958. The van der Waals surface area contributed by atoms with Gasteiger partial charge in [-0.3, -0.25) is 10.1 Å². The highest BCUT2D eigenvalue weighted by atomic mass is 16.2. The van der Waals surface area contributed by atoms with Gasteiger partial charge in [-0.05, 0) is 6.92 Å². The van der Waals surface area contributed by atoms with Crippen molar-refractivity contribution < 1.29 is 4.79 Å². The number of nitrogens with zero attached hydrogens (tertiary/aromatic N) is 3. The number of nitrogens with one attached hydrogen (secondary N) is 1. The third-order valence-electron chi connectivity index (χ3n) is 1.32. The normalized spacial score (nSPS) is 15.1. The largest absolute Gasteiger partial charge is 0.293 e. The third-order valence-corrected chi connectivity index (χ3v) is 1.32. The number of aryl methyl sites for hydroxylation is 1. The number of fused-ring (bicyclic) bond motifs is 1. The van der Waals surface area contributed by atoms with Crippen LogP contribution in [0, 0.1) is 6.92 Å². The van der Waals surface area contributed by atoms with Crippen molar-refractivity contribution in [3.8, 4) is 0 Å². The van der Waals surface area contributed by atoms with Crippen LogP contribution < -0.4 is 5.32 Å². The molecule has 1 aromatic heterocycles. The van der Waals surface area contributed by atoms with Crippen molar-refractivity contribution in [2.45, 2.75) is 13.5 Å². The van der Waals surface area contributed by atoms with Crippen LogP contribution in [0.1, 0.15) is 5.82 Å². The lowest BCUT2D eigenvalue weighted by Crippen LogP contribution is -2.07. The summed E-state index contributed by atoms with van der Waals surface area (Å²) in [4.78, 5) is 14.6. The number of aromatic nitrogens is 3. The minimum atomic E-state index is -0.0463. The van der Waals surface area contributed by atoms with Crippen molar-refractivity contribution in [1.82, 2.24) is 14.8 Å². The lowest BCUT2D eigenvalue weighted by molar-refractivity contribution is -0.116. The van der Waals surface area contributed by atoms with E-state index >= 15 is 0 Å². The van der Waals surface area contributed by atoms with E-state index < -0.39 is 0 Å². The van der Waals surface area contributed by atoms with Crippen molar-refractivity contribution in [3.63, 3.8) is 0 Å². The summed E-state index contributed by atoms with van der Waals surface area (Å²) < 4.78 is 1.55. The fourth-order valence-electron chi connectivity index (χ4n) is 0.958. The number of carbonyl (C=O) groups excluding carboxylic acids is 1. The van der Waals surface area contributed by atoms with Gasteiger partial charge in [0.1, 0.15) is 12.4 Å². The lowest BCUT2D eigenvalue weighted by Gasteiger charge is -1.83. The van der Waals surface area contributed by atoms with E-state index in [2.05, 4.69) is 15.4 Å². The Bertz CT molecular complexity index is 264. The third kappa shape index (κ3) is 0.601. The van der Waals surface area contributed by atoms with Crippen molar-refractivity contribution in [1.29, 1.82) is 0 Å². The Kier molecular flexibility index (Phi) is 0.841. The minimum Gasteiger partial charge on any atom is -0.293 e. The van der Waals surface area contributed by atoms with E-state index in [-0.39, 0.29) is 5.91 Å². The van der Waals surface area contributed by atoms with Crippen LogP contribution in [0.3, 0.4) is 0 Å². The first kappa shape index (κ1) is 5.40. The van der Waals surface area contributed by atoms with Crippen molar-refractivity contribution in [3.05, 3.63) is 5.82 Å². The van der Waals surface area contributed by atoms with Crippen LogP contribution in [-0.2, 0) is 11.3 Å². The Morgan fingerprint density at radius 3 is 3.20 bits per heavy atom. The first-order valence-electron chi connectivity index (χ1n) is 2.97. The zero-order chi connectivity index (χ0) is 7.14. The van der Waals surface area contributed by atoms with E-state index in [4.69, 9.17) is 0 Å². The van der Waals surface area contributed by atoms with Gasteiger partial charge in [0.15, 0.2) is 0 Å². The maximum Gasteiger partial charge on any atom is 0.248 e. The first-order chi connectivity index (χ1) is 4.75. The van der Waals surface area contributed by atoms with Crippen LogP contribution in [-0.4, -0.2) is 20.7 Å². The summed E-state index contributed by atoms with van der Waals surface area (Å²) in [6.07, 6.45) is 0. The Labute approximate surface area is 57.1 Å². The van der Waals surface area contributed by atoms with E-state index in [0.29, 0.717) is 18.3 Å². The predicted octanol–water partition coefficient (Wildman–Crippen LogP) is -0.461. The van der Waals surface area contributed by atoms with Gasteiger partial charge in [0.2, 0.25) is 11.9 Å². The molecule has 5 heteroatoms. The summed E-state index contributed by atoms with van der Waals surface area (Å²) in [7, 11) is 0. The van der Waals surface area contributed by atoms with Crippen LogP contribution in [0.15, 0.2) is 0 Å². The molecule has 0 fully saturated rings. The van der Waals surface area contributed by atoms with Gasteiger partial charge >= 0.3 is 0 Å². The molecule has 1 aliphatic heterocycles. The molecule has 10 heavy (non-hydrogen) atoms. The smallest absolute Gasteiger partial charge is 0.248 e. The molecule has 5 nitrogen and oxygen atoms in total. The van der Waals surface area contributed by atoms with Gasteiger partial charge in [0.25, 0.3) is 0 Å². The van der Waals surface area contributed by atoms with Crippen molar-refractivity contribution in [2.75, 3.05) is 5.32 Å². The predicted molar refractivity (Wildman–Crippen MR) is 33.4 cm³/mol. The Morgan fingerprint density at radius 1 is 1.70 bits per heavy atom. The Hall–Kier alpha value is -1.39. The van der Waals surface area contributed by atoms with E-state index in [0.717, 1.165) is 0 Å². The average Bonchev–Trinajstić information content (AvgIpc) is 2.21. The van der Waals surface area contributed by atoms with Gasteiger partial charge in [0, 0.05) is 0 Å². The summed E-state index contributed by atoms with van der Waals surface area (Å²) in [5.74, 6) is 1.20. The van der Waals surface area contributed by atoms with Gasteiger partial charge in [-0.2, -0.15) is 10.1 Å². The number of carbonyl (C=O) groups is 1. The molecule has 0 spiro atoms. The molecule has 0 saturated carbocycles. The average molecular weight is 138 g/mol. The molecule has 2 heterocycles. The standard InChI is InChI=1S/C5H6N4O/c1-3-6-5-7-4(10)2-9(5)8-3/h2H2,1H3,(H,6,7,8,10). The summed E-state index contributed by atoms with van der Waals surface area (Å²) in [6.45, 7) is 2.09. The first-order valence-corrected chi connectivity index (χ1v) is 2.97. The van der Waals surface area contributed by atoms with Gasteiger partial charge < -0.3 is 0 Å². The molecule has 1 aromatic rings. The molecule has 1 N–H and O–H groups in total. The number of amides is 1. The monoisotopic (exact) mass is 138 g/mol. The van der Waals surface area contributed by atoms with E-state index in [1.807, 2.05) is 0 Å². The summed E-state index contributed by atoms with van der Waals surface area (Å²) in [5, 5.41) is 6.53. The molecule has 2 rings (SSSR count). The second-order valence-electron chi connectivity index (χ2n) is 2.19. The summed E-state index contributed by atoms with van der Waals surface area (Å²) in [6, 6.07) is 0. The highest BCUT2D eigenvalue weighted by Crippen LogP contribution is 2.09. The molecule has 0 atom stereocenters. The second-order valence-corrected chi connectivity index (χ2v) is 2.19. The maximum absolute atomic E-state index is 10.7. The number of anilines is 1. The van der Waals surface area contributed by atoms with E-state index in [1.165, 1.54) is 0 Å². The number of hydrogen-bond donors (Lipinski definition) is 1. The van der Waals surface area contributed by atoms with Gasteiger partial charge in [0.05, 0.1) is 0 Å². The van der Waals surface area contributed by atoms with Crippen molar-refractivity contribution in [2.24, 2.45) is 0 Å². The molecule has 52 valence electrons. The van der Waals surface area contributed by atoms with E-state index in [9.17, 15) is 4.79 Å². The maximum atomic E-state index is 10.7. The quantitative estimate of drug-likeness (QED) is 0.527. The van der Waals surface area contributed by atoms with E-state index in [1.54, 1.807) is 11.6 Å². The molecular formula is C5H6N4O. The van der Waals surface area contributed by atoms with Crippen molar-refractivity contribution >= 4 is 11.9 Å². The molecule has 0 radical (unpaired) electrons. The molecule has 0 bridgehead atoms. The highest BCUT2D eigenvalue weighted by Gasteiger charge is 2.19. The Morgan fingerprint density at radius 2 is 2.50 bits per heavy atom. The topological polar surface area (TPSA) is 59.8 Å². The van der Waals surface area contributed by atoms with Crippen LogP contribution in [0.25, 0.3) is 0 Å². The summed E-state index contributed by atoms with van der Waals surface area (Å²) >= 11 is 0. The Balaban J connectivity index is 2.47. The molecule has 1 amide bonds. The zero-order valence-corrected chi connectivity index (χ0v) is 5.46. The number of rotatable bonds is 0. The minimum absolute atomic E-state index is 0.0463. The lowest BCUT2D eigenvalue weighted by atomic mass is 10.6. The SMILES string of the molecule is Cc1nc2n(n1)CC(=O)N2. The molecule has 0 aromatic carbocycles. The van der Waals surface area contributed by atoms with Gasteiger partial charge in [-0.15, -0.1) is 0 Å². The van der Waals surface area contributed by atoms with Crippen LogP contribution in [0.2, 0.25) is 0 Å². The molecule has 0 saturated heterocycles. The highest BCUT2D eigenvalue weighted by molar-refractivity contribution is 5.92. The number of hydrogen-bond acceptors (Lipinski definition) is 3. The molecule has 0 unspecified atom stereocenters. The van der Waals surface area contributed by atoms with Crippen LogP contribution >= 0.6 is 0 Å². The summed E-state index contributed by atoms with van der Waals surface area (Å²) in [5.41, 5.74) is 0. The molecule has 0 aliphatic carbocycles. The molecule has 1 aliphatic rings. The van der Waals surface area contributed by atoms with Gasteiger partial charge in [-0.1, -0.05) is 0 Å².